The third-order valence-electron chi connectivity index (χ3n) is 2.71. The number of methoxy groups -OCH3 is 1. The predicted molar refractivity (Wildman–Crippen MR) is 57.3 cm³/mol. The van der Waals surface area contributed by atoms with Crippen LogP contribution in [0.2, 0.25) is 0 Å². The summed E-state index contributed by atoms with van der Waals surface area (Å²) in [6, 6.07) is 1.65. The summed E-state index contributed by atoms with van der Waals surface area (Å²) < 4.78 is 9.87. The first-order chi connectivity index (χ1) is 8.20. The van der Waals surface area contributed by atoms with E-state index < -0.39 is 0 Å². The van der Waals surface area contributed by atoms with Gasteiger partial charge in [-0.1, -0.05) is 0 Å². The highest BCUT2D eigenvalue weighted by atomic mass is 16.5. The lowest BCUT2D eigenvalue weighted by atomic mass is 10.1. The summed E-state index contributed by atoms with van der Waals surface area (Å²) in [6.07, 6.45) is 2.02. The number of nitrogens with zero attached hydrogens (tertiary/aromatic N) is 2. The average molecular weight is 238 g/mol. The van der Waals surface area contributed by atoms with Crippen molar-refractivity contribution < 1.29 is 18.8 Å². The van der Waals surface area contributed by atoms with Crippen molar-refractivity contribution in [3.05, 3.63) is 11.8 Å². The summed E-state index contributed by atoms with van der Waals surface area (Å²) in [6.45, 7) is 0.343. The van der Waals surface area contributed by atoms with Crippen LogP contribution in [0, 0.1) is 0 Å². The van der Waals surface area contributed by atoms with E-state index in [2.05, 4.69) is 5.16 Å². The van der Waals surface area contributed by atoms with Gasteiger partial charge in [-0.3, -0.25) is 14.5 Å². The molecule has 0 radical (unpaired) electrons. The van der Waals surface area contributed by atoms with E-state index in [0.29, 0.717) is 43.9 Å². The quantitative estimate of drug-likeness (QED) is 0.724. The van der Waals surface area contributed by atoms with Gasteiger partial charge < -0.3 is 9.26 Å². The SMILES string of the molecule is COc1cc(CCN2C(=O)CCCC2=O)on1. The molecule has 6 heteroatoms. The number of piperidine rings is 1. The predicted octanol–water partition coefficient (Wildman–Crippen LogP) is 0.765. The first-order valence-corrected chi connectivity index (χ1v) is 5.53. The molecule has 2 rings (SSSR count). The highest BCUT2D eigenvalue weighted by molar-refractivity contribution is 5.97. The van der Waals surface area contributed by atoms with Crippen LogP contribution in [0.15, 0.2) is 10.6 Å². The number of ether oxygens (including phenoxy) is 1. The van der Waals surface area contributed by atoms with Crippen LogP contribution in [0.3, 0.4) is 0 Å². The molecule has 0 atom stereocenters. The van der Waals surface area contributed by atoms with Crippen molar-refractivity contribution in [2.45, 2.75) is 25.7 Å². The van der Waals surface area contributed by atoms with Gasteiger partial charge in [0.05, 0.1) is 7.11 Å². The molecule has 17 heavy (non-hydrogen) atoms. The second-order valence-electron chi connectivity index (χ2n) is 3.88. The number of rotatable bonds is 4. The fraction of sp³-hybridized carbons (Fsp3) is 0.545. The number of likely N-dealkylation sites (tertiary alicyclic amines) is 1. The number of carbonyl (C=O) groups is 2. The third-order valence-corrected chi connectivity index (χ3v) is 2.71. The molecule has 1 fully saturated rings. The molecule has 92 valence electrons. The smallest absolute Gasteiger partial charge is 0.254 e. The molecule has 6 nitrogen and oxygen atoms in total. The van der Waals surface area contributed by atoms with Crippen molar-refractivity contribution >= 4 is 11.8 Å². The molecule has 0 unspecified atom stereocenters. The zero-order valence-corrected chi connectivity index (χ0v) is 9.64. The minimum Gasteiger partial charge on any atom is -0.479 e. The maximum absolute atomic E-state index is 11.5. The van der Waals surface area contributed by atoms with Crippen LogP contribution in [0.25, 0.3) is 0 Å². The lowest BCUT2D eigenvalue weighted by Crippen LogP contribution is -2.41. The number of hydrogen-bond donors (Lipinski definition) is 0. The number of imide groups is 1. The second-order valence-corrected chi connectivity index (χ2v) is 3.88. The molecular weight excluding hydrogens is 224 g/mol. The summed E-state index contributed by atoms with van der Waals surface area (Å²) >= 11 is 0. The lowest BCUT2D eigenvalue weighted by Gasteiger charge is -2.24. The molecule has 1 aliphatic rings. The van der Waals surface area contributed by atoms with E-state index >= 15 is 0 Å². The Bertz CT molecular complexity index is 411. The molecule has 1 saturated heterocycles. The minimum atomic E-state index is -0.104. The van der Waals surface area contributed by atoms with E-state index in [1.165, 1.54) is 12.0 Å². The Morgan fingerprint density at radius 3 is 2.71 bits per heavy atom. The van der Waals surface area contributed by atoms with Crippen LogP contribution in [-0.4, -0.2) is 35.5 Å². The summed E-state index contributed by atoms with van der Waals surface area (Å²) in [5, 5.41) is 3.65. The fourth-order valence-corrected chi connectivity index (χ4v) is 1.78. The van der Waals surface area contributed by atoms with Crippen LogP contribution < -0.4 is 4.74 Å². The van der Waals surface area contributed by atoms with E-state index in [1.807, 2.05) is 0 Å². The Labute approximate surface area is 98.5 Å². The van der Waals surface area contributed by atoms with Gasteiger partial charge in [0, 0.05) is 31.9 Å². The van der Waals surface area contributed by atoms with Crippen molar-refractivity contribution in [2.75, 3.05) is 13.7 Å². The molecule has 0 N–H and O–H groups in total. The first-order valence-electron chi connectivity index (χ1n) is 5.53. The van der Waals surface area contributed by atoms with E-state index in [-0.39, 0.29) is 11.8 Å². The van der Waals surface area contributed by atoms with E-state index in [0.717, 1.165) is 0 Å². The number of aromatic nitrogens is 1. The van der Waals surface area contributed by atoms with Gasteiger partial charge in [0.25, 0.3) is 5.88 Å². The molecule has 1 aromatic rings. The van der Waals surface area contributed by atoms with Crippen molar-refractivity contribution in [3.8, 4) is 5.88 Å². The number of carbonyl (C=O) groups excluding carboxylic acids is 2. The van der Waals surface area contributed by atoms with Crippen LogP contribution in [0.5, 0.6) is 5.88 Å². The average Bonchev–Trinajstić information content (AvgIpc) is 2.76. The Hall–Kier alpha value is -1.85. The molecule has 1 aromatic heterocycles. The van der Waals surface area contributed by atoms with Crippen molar-refractivity contribution in [3.63, 3.8) is 0 Å². The summed E-state index contributed by atoms with van der Waals surface area (Å²) in [5.41, 5.74) is 0. The molecular formula is C11H14N2O4. The van der Waals surface area contributed by atoms with Gasteiger partial charge in [0.15, 0.2) is 0 Å². The molecule has 1 aliphatic heterocycles. The van der Waals surface area contributed by atoms with Crippen molar-refractivity contribution in [1.82, 2.24) is 10.1 Å². The minimum absolute atomic E-state index is 0.104. The molecule has 0 aromatic carbocycles. The molecule has 0 aliphatic carbocycles. The topological polar surface area (TPSA) is 72.6 Å². The maximum atomic E-state index is 11.5. The van der Waals surface area contributed by atoms with Gasteiger partial charge in [-0.05, 0) is 11.6 Å². The molecule has 2 heterocycles. The summed E-state index contributed by atoms with van der Waals surface area (Å²) in [4.78, 5) is 24.3. The summed E-state index contributed by atoms with van der Waals surface area (Å²) in [7, 11) is 1.50. The van der Waals surface area contributed by atoms with E-state index in [9.17, 15) is 9.59 Å². The van der Waals surface area contributed by atoms with Gasteiger partial charge in [-0.15, -0.1) is 0 Å². The lowest BCUT2D eigenvalue weighted by molar-refractivity contribution is -0.147. The third kappa shape index (κ3) is 2.64. The Balaban J connectivity index is 1.92. The Morgan fingerprint density at radius 1 is 1.41 bits per heavy atom. The highest BCUT2D eigenvalue weighted by Gasteiger charge is 2.25. The van der Waals surface area contributed by atoms with Crippen molar-refractivity contribution in [2.24, 2.45) is 0 Å². The molecule has 0 saturated carbocycles. The zero-order valence-electron chi connectivity index (χ0n) is 9.64. The van der Waals surface area contributed by atoms with Gasteiger partial charge in [0.2, 0.25) is 11.8 Å². The normalized spacial score (nSPS) is 16.4. The maximum Gasteiger partial charge on any atom is 0.254 e. The summed E-state index contributed by atoms with van der Waals surface area (Å²) in [5.74, 6) is 0.796. The van der Waals surface area contributed by atoms with Gasteiger partial charge in [-0.25, -0.2) is 0 Å². The highest BCUT2D eigenvalue weighted by Crippen LogP contribution is 2.15. The number of amides is 2. The van der Waals surface area contributed by atoms with E-state index in [4.69, 9.17) is 9.26 Å². The van der Waals surface area contributed by atoms with E-state index in [1.54, 1.807) is 6.07 Å². The standard InChI is InChI=1S/C11H14N2O4/c1-16-9-7-8(17-12-9)5-6-13-10(14)3-2-4-11(13)15/h7H,2-6H2,1H3. The van der Waals surface area contributed by atoms with Gasteiger partial charge >= 0.3 is 0 Å². The Morgan fingerprint density at radius 2 is 2.12 bits per heavy atom. The Kier molecular flexibility index (Phi) is 3.41. The fourth-order valence-electron chi connectivity index (χ4n) is 1.78. The number of hydrogen-bond acceptors (Lipinski definition) is 5. The van der Waals surface area contributed by atoms with Crippen molar-refractivity contribution in [1.29, 1.82) is 0 Å². The van der Waals surface area contributed by atoms with Gasteiger partial charge in [-0.2, -0.15) is 0 Å². The van der Waals surface area contributed by atoms with Crippen LogP contribution in [-0.2, 0) is 16.0 Å². The largest absolute Gasteiger partial charge is 0.479 e. The zero-order chi connectivity index (χ0) is 12.3. The molecule has 0 spiro atoms. The first kappa shape index (κ1) is 11.6. The van der Waals surface area contributed by atoms with Crippen LogP contribution in [0.1, 0.15) is 25.0 Å². The second kappa shape index (κ2) is 4.99. The van der Waals surface area contributed by atoms with Crippen LogP contribution in [0.4, 0.5) is 0 Å². The van der Waals surface area contributed by atoms with Gasteiger partial charge in [0.1, 0.15) is 5.76 Å². The molecule has 0 bridgehead atoms. The van der Waals surface area contributed by atoms with Crippen LogP contribution >= 0.6 is 0 Å². The monoisotopic (exact) mass is 238 g/mol. The molecule has 2 amide bonds.